The van der Waals surface area contributed by atoms with Crippen LogP contribution in [-0.2, 0) is 12.7 Å². The van der Waals surface area contributed by atoms with Gasteiger partial charge in [-0.1, -0.05) is 17.7 Å². The molecule has 0 atom stereocenters. The van der Waals surface area contributed by atoms with E-state index in [-0.39, 0.29) is 34.4 Å². The molecule has 0 spiro atoms. The van der Waals surface area contributed by atoms with Crippen LogP contribution < -0.4 is 5.32 Å². The van der Waals surface area contributed by atoms with Gasteiger partial charge in [-0.25, -0.2) is 9.50 Å². The summed E-state index contributed by atoms with van der Waals surface area (Å²) in [6.45, 7) is 0.206. The fourth-order valence-electron chi connectivity index (χ4n) is 2.55. The van der Waals surface area contributed by atoms with Gasteiger partial charge in [-0.05, 0) is 29.6 Å². The summed E-state index contributed by atoms with van der Waals surface area (Å²) in [7, 11) is 0. The molecule has 6 nitrogen and oxygen atoms in total. The molecule has 144 valence electrons. The summed E-state index contributed by atoms with van der Waals surface area (Å²) in [5, 5.41) is 7.92. The Morgan fingerprint density at radius 1 is 1.32 bits per heavy atom. The highest BCUT2D eigenvalue weighted by atomic mass is 35.5. The zero-order chi connectivity index (χ0) is 19.9. The second-order valence-corrected chi connectivity index (χ2v) is 7.07. The summed E-state index contributed by atoms with van der Waals surface area (Å²) in [5.74, 6) is -0.564. The van der Waals surface area contributed by atoms with E-state index >= 15 is 0 Å². The van der Waals surface area contributed by atoms with E-state index in [0.717, 1.165) is 10.9 Å². The van der Waals surface area contributed by atoms with Gasteiger partial charge in [-0.2, -0.15) is 18.3 Å². The topological polar surface area (TPSA) is 72.4 Å². The molecule has 0 aliphatic heterocycles. The number of furan rings is 1. The molecule has 0 fully saturated rings. The fraction of sp³-hybridized carbons (Fsp3) is 0.118. The van der Waals surface area contributed by atoms with Gasteiger partial charge in [0.2, 0.25) is 0 Å². The molecule has 1 amide bonds. The second kappa shape index (κ2) is 6.95. The maximum atomic E-state index is 13.6. The minimum absolute atomic E-state index is 0.0721. The van der Waals surface area contributed by atoms with Gasteiger partial charge in [0.15, 0.2) is 22.8 Å². The van der Waals surface area contributed by atoms with Crippen molar-refractivity contribution in [1.82, 2.24) is 19.9 Å². The van der Waals surface area contributed by atoms with E-state index in [4.69, 9.17) is 16.0 Å². The van der Waals surface area contributed by atoms with Crippen molar-refractivity contribution in [2.24, 2.45) is 0 Å². The standard InChI is InChI=1S/C17H10ClF3N4O2S/c18-13-14(16(26)22-8-9-3-2-6-28-9)24-25-12(17(19,20)21)7-10(23-15(13)25)11-4-1-5-27-11/h1-7H,8H2,(H,22,26). The van der Waals surface area contributed by atoms with Crippen molar-refractivity contribution in [1.29, 1.82) is 0 Å². The number of nitrogens with one attached hydrogen (secondary N) is 1. The lowest BCUT2D eigenvalue weighted by atomic mass is 10.2. The van der Waals surface area contributed by atoms with Gasteiger partial charge in [0, 0.05) is 4.88 Å². The molecule has 0 bridgehead atoms. The van der Waals surface area contributed by atoms with Crippen molar-refractivity contribution in [3.63, 3.8) is 0 Å². The Balaban J connectivity index is 1.79. The predicted octanol–water partition coefficient (Wildman–Crippen LogP) is 4.65. The third-order valence-electron chi connectivity index (χ3n) is 3.82. The van der Waals surface area contributed by atoms with Crippen LogP contribution in [0.5, 0.6) is 0 Å². The normalized spacial score (nSPS) is 11.9. The minimum Gasteiger partial charge on any atom is -0.463 e. The number of hydrogen-bond acceptors (Lipinski definition) is 5. The van der Waals surface area contributed by atoms with Crippen LogP contribution in [0.3, 0.4) is 0 Å². The van der Waals surface area contributed by atoms with E-state index in [2.05, 4.69) is 15.4 Å². The van der Waals surface area contributed by atoms with Crippen LogP contribution in [-0.4, -0.2) is 20.5 Å². The van der Waals surface area contributed by atoms with Crippen LogP contribution in [0.15, 0.2) is 46.4 Å². The number of alkyl halides is 3. The number of hydrogen-bond donors (Lipinski definition) is 1. The number of carbonyl (C=O) groups excluding carboxylic acids is 1. The summed E-state index contributed by atoms with van der Waals surface area (Å²) in [6, 6.07) is 7.42. The number of fused-ring (bicyclic) bond motifs is 1. The lowest BCUT2D eigenvalue weighted by Gasteiger charge is -2.09. The highest BCUT2D eigenvalue weighted by Gasteiger charge is 2.37. The number of nitrogens with zero attached hydrogens (tertiary/aromatic N) is 3. The van der Waals surface area contributed by atoms with Crippen molar-refractivity contribution >= 4 is 34.5 Å². The van der Waals surface area contributed by atoms with E-state index in [1.54, 1.807) is 0 Å². The maximum absolute atomic E-state index is 13.6. The van der Waals surface area contributed by atoms with Gasteiger partial charge >= 0.3 is 6.18 Å². The summed E-state index contributed by atoms with van der Waals surface area (Å²) in [6.07, 6.45) is -3.43. The first-order valence-electron chi connectivity index (χ1n) is 7.85. The van der Waals surface area contributed by atoms with Gasteiger partial charge < -0.3 is 9.73 Å². The Bertz CT molecular complexity index is 1140. The highest BCUT2D eigenvalue weighted by Crippen LogP contribution is 2.34. The molecule has 0 unspecified atom stereocenters. The first kappa shape index (κ1) is 18.5. The van der Waals surface area contributed by atoms with Gasteiger partial charge in [0.1, 0.15) is 10.7 Å². The molecule has 4 heterocycles. The average molecular weight is 427 g/mol. The Morgan fingerprint density at radius 2 is 2.14 bits per heavy atom. The van der Waals surface area contributed by atoms with E-state index < -0.39 is 17.8 Å². The van der Waals surface area contributed by atoms with Crippen LogP contribution in [0.2, 0.25) is 5.02 Å². The Morgan fingerprint density at radius 3 is 2.79 bits per heavy atom. The zero-order valence-corrected chi connectivity index (χ0v) is 15.4. The van der Waals surface area contributed by atoms with E-state index in [1.165, 1.54) is 29.7 Å². The number of amides is 1. The Labute approximate surface area is 164 Å². The molecule has 0 aliphatic carbocycles. The van der Waals surface area contributed by atoms with E-state index in [1.807, 2.05) is 17.5 Å². The molecule has 4 aromatic heterocycles. The van der Waals surface area contributed by atoms with E-state index in [9.17, 15) is 18.0 Å². The number of rotatable bonds is 4. The molecule has 0 aliphatic rings. The molecule has 0 radical (unpaired) electrons. The summed E-state index contributed by atoms with van der Waals surface area (Å²) in [4.78, 5) is 17.4. The van der Waals surface area contributed by atoms with Crippen LogP contribution in [0.1, 0.15) is 21.1 Å². The fourth-order valence-corrected chi connectivity index (χ4v) is 3.44. The third kappa shape index (κ3) is 3.36. The van der Waals surface area contributed by atoms with Gasteiger partial charge in [0.05, 0.1) is 12.8 Å². The molecule has 1 N–H and O–H groups in total. The number of thiophene rings is 1. The van der Waals surface area contributed by atoms with Crippen LogP contribution >= 0.6 is 22.9 Å². The van der Waals surface area contributed by atoms with E-state index in [0.29, 0.717) is 4.52 Å². The van der Waals surface area contributed by atoms with Crippen molar-refractivity contribution in [2.75, 3.05) is 0 Å². The molecular weight excluding hydrogens is 417 g/mol. The molecule has 4 aromatic rings. The van der Waals surface area contributed by atoms with Crippen LogP contribution in [0.4, 0.5) is 13.2 Å². The van der Waals surface area contributed by atoms with Crippen molar-refractivity contribution in [3.8, 4) is 11.5 Å². The zero-order valence-electron chi connectivity index (χ0n) is 13.8. The summed E-state index contributed by atoms with van der Waals surface area (Å²) >= 11 is 7.60. The number of halogens is 4. The SMILES string of the molecule is O=C(NCc1cccs1)c1nn2c(C(F)(F)F)cc(-c3ccco3)nc2c1Cl. The van der Waals surface area contributed by atoms with Crippen LogP contribution in [0.25, 0.3) is 17.1 Å². The van der Waals surface area contributed by atoms with Gasteiger partial charge in [-0.15, -0.1) is 11.3 Å². The van der Waals surface area contributed by atoms with Crippen LogP contribution in [0, 0.1) is 0 Å². The smallest absolute Gasteiger partial charge is 0.433 e. The lowest BCUT2D eigenvalue weighted by molar-refractivity contribution is -0.142. The molecule has 0 saturated heterocycles. The Hall–Kier alpha value is -2.85. The molecule has 4 rings (SSSR count). The summed E-state index contributed by atoms with van der Waals surface area (Å²) < 4.78 is 46.3. The van der Waals surface area contributed by atoms with Crippen molar-refractivity contribution < 1.29 is 22.4 Å². The lowest BCUT2D eigenvalue weighted by Crippen LogP contribution is -2.23. The third-order valence-corrected chi connectivity index (χ3v) is 5.04. The quantitative estimate of drug-likeness (QED) is 0.515. The largest absolute Gasteiger partial charge is 0.463 e. The molecule has 0 aromatic carbocycles. The molecule has 0 saturated carbocycles. The first-order valence-corrected chi connectivity index (χ1v) is 9.11. The van der Waals surface area contributed by atoms with Gasteiger partial charge in [-0.3, -0.25) is 4.79 Å². The average Bonchev–Trinajstić information content (AvgIpc) is 3.40. The predicted molar refractivity (Wildman–Crippen MR) is 96.2 cm³/mol. The first-order chi connectivity index (χ1) is 13.3. The second-order valence-electron chi connectivity index (χ2n) is 5.66. The monoisotopic (exact) mass is 426 g/mol. The molecular formula is C17H10ClF3N4O2S. The minimum atomic E-state index is -4.75. The highest BCUT2D eigenvalue weighted by molar-refractivity contribution is 7.09. The number of carbonyl (C=O) groups is 1. The molecule has 28 heavy (non-hydrogen) atoms. The number of aromatic nitrogens is 3. The maximum Gasteiger partial charge on any atom is 0.433 e. The molecule has 11 heteroatoms. The van der Waals surface area contributed by atoms with Crippen molar-refractivity contribution in [3.05, 3.63) is 63.3 Å². The van der Waals surface area contributed by atoms with Gasteiger partial charge in [0.25, 0.3) is 5.91 Å². The van der Waals surface area contributed by atoms with Crippen molar-refractivity contribution in [2.45, 2.75) is 12.7 Å². The Kier molecular flexibility index (Phi) is 4.60. The summed E-state index contributed by atoms with van der Waals surface area (Å²) in [5.41, 5.74) is -1.82.